The second-order valence-electron chi connectivity index (χ2n) is 3.55. The molecule has 0 atom stereocenters. The highest BCUT2D eigenvalue weighted by molar-refractivity contribution is 5.88. The van der Waals surface area contributed by atoms with Crippen LogP contribution in [-0.4, -0.2) is 39.7 Å². The average molecular weight is 276 g/mol. The Labute approximate surface area is 116 Å². The van der Waals surface area contributed by atoms with Crippen LogP contribution >= 0.6 is 0 Å². The highest BCUT2D eigenvalue weighted by Gasteiger charge is 2.02. The molecule has 0 radical (unpaired) electrons. The van der Waals surface area contributed by atoms with E-state index < -0.39 is 5.97 Å². The molecule has 1 aromatic heterocycles. The molecule has 0 saturated heterocycles. The van der Waals surface area contributed by atoms with Gasteiger partial charge in [-0.15, -0.1) is 0 Å². The smallest absolute Gasteiger partial charge is 0.335 e. The number of benzene rings is 1. The van der Waals surface area contributed by atoms with Gasteiger partial charge in [-0.05, 0) is 31.2 Å². The monoisotopic (exact) mass is 276 g/mol. The van der Waals surface area contributed by atoms with Crippen LogP contribution < -0.4 is 5.32 Å². The predicted octanol–water partition coefficient (Wildman–Crippen LogP) is 1.97. The number of carboxylic acids is 1. The van der Waals surface area contributed by atoms with Crippen molar-refractivity contribution in [2.24, 2.45) is 0 Å². The fourth-order valence-corrected chi connectivity index (χ4v) is 1.13. The summed E-state index contributed by atoms with van der Waals surface area (Å²) in [6.45, 7) is 2.78. The Morgan fingerprint density at radius 2 is 1.80 bits per heavy atom. The number of carboxylic acid groups (broad SMARTS) is 1. The first kappa shape index (κ1) is 15.5. The van der Waals surface area contributed by atoms with Crippen molar-refractivity contribution in [2.75, 3.05) is 19.0 Å². The van der Waals surface area contributed by atoms with Crippen molar-refractivity contribution in [3.8, 4) is 0 Å². The molecule has 0 aliphatic carbocycles. The molecule has 0 saturated carbocycles. The predicted molar refractivity (Wildman–Crippen MR) is 74.1 cm³/mol. The summed E-state index contributed by atoms with van der Waals surface area (Å²) in [6, 6.07) is 6.30. The molecule has 0 unspecified atom stereocenters. The van der Waals surface area contributed by atoms with Gasteiger partial charge in [0.15, 0.2) is 0 Å². The Kier molecular flexibility index (Phi) is 6.63. The van der Waals surface area contributed by atoms with Gasteiger partial charge in [0.1, 0.15) is 12.7 Å². The Morgan fingerprint density at radius 1 is 1.25 bits per heavy atom. The molecular weight excluding hydrogens is 260 g/mol. The van der Waals surface area contributed by atoms with Crippen molar-refractivity contribution in [1.29, 1.82) is 0 Å². The maximum Gasteiger partial charge on any atom is 0.335 e. The minimum atomic E-state index is -0.952. The van der Waals surface area contributed by atoms with Crippen molar-refractivity contribution in [2.45, 2.75) is 6.92 Å². The molecule has 7 heteroatoms. The molecule has 2 aromatic rings. The summed E-state index contributed by atoms with van der Waals surface area (Å²) in [5, 5.41) is 11.6. The van der Waals surface area contributed by atoms with Crippen molar-refractivity contribution in [1.82, 2.24) is 15.0 Å². The molecule has 106 valence electrons. The first-order valence-electron chi connectivity index (χ1n) is 5.88. The van der Waals surface area contributed by atoms with Crippen LogP contribution in [0.4, 0.5) is 11.6 Å². The lowest BCUT2D eigenvalue weighted by Gasteiger charge is -2.03. The quantitative estimate of drug-likeness (QED) is 0.880. The Hall–Kier alpha value is -2.54. The third-order valence-electron chi connectivity index (χ3n) is 2.17. The second kappa shape index (κ2) is 8.54. The van der Waals surface area contributed by atoms with E-state index in [1.54, 1.807) is 19.2 Å². The number of carbonyl (C=O) groups is 1. The zero-order valence-corrected chi connectivity index (χ0v) is 11.3. The molecule has 20 heavy (non-hydrogen) atoms. The maximum absolute atomic E-state index is 10.6. The van der Waals surface area contributed by atoms with Crippen molar-refractivity contribution < 1.29 is 14.6 Å². The van der Waals surface area contributed by atoms with Gasteiger partial charge in [-0.3, -0.25) is 0 Å². The van der Waals surface area contributed by atoms with Crippen molar-refractivity contribution in [3.05, 3.63) is 42.5 Å². The number of methoxy groups -OCH3 is 1. The highest BCUT2D eigenvalue weighted by Crippen LogP contribution is 2.12. The van der Waals surface area contributed by atoms with Gasteiger partial charge in [0, 0.05) is 19.4 Å². The van der Waals surface area contributed by atoms with E-state index in [0.717, 1.165) is 12.3 Å². The molecule has 2 N–H and O–H groups in total. The second-order valence-corrected chi connectivity index (χ2v) is 3.55. The molecule has 0 amide bonds. The molecule has 0 aliphatic rings. The van der Waals surface area contributed by atoms with E-state index in [1.165, 1.54) is 24.8 Å². The van der Waals surface area contributed by atoms with Crippen LogP contribution in [0.25, 0.3) is 0 Å². The minimum absolute atomic E-state index is 0.237. The number of aromatic nitrogens is 3. The lowest BCUT2D eigenvalue weighted by Crippen LogP contribution is -1.99. The number of rotatable bonds is 4. The van der Waals surface area contributed by atoms with E-state index in [1.807, 2.05) is 6.92 Å². The number of nitrogens with zero attached hydrogens (tertiary/aromatic N) is 3. The molecule has 0 bridgehead atoms. The van der Waals surface area contributed by atoms with Gasteiger partial charge < -0.3 is 15.2 Å². The normalized spacial score (nSPS) is 9.30. The lowest BCUT2D eigenvalue weighted by molar-refractivity contribution is 0.0697. The molecule has 7 nitrogen and oxygen atoms in total. The van der Waals surface area contributed by atoms with Crippen LogP contribution in [0.2, 0.25) is 0 Å². The van der Waals surface area contributed by atoms with Crippen molar-refractivity contribution in [3.63, 3.8) is 0 Å². The third kappa shape index (κ3) is 5.40. The summed E-state index contributed by atoms with van der Waals surface area (Å²) < 4.78 is 4.54. The van der Waals surface area contributed by atoms with E-state index >= 15 is 0 Å². The van der Waals surface area contributed by atoms with E-state index in [-0.39, 0.29) is 5.56 Å². The molecule has 1 heterocycles. The van der Waals surface area contributed by atoms with Crippen molar-refractivity contribution >= 4 is 17.6 Å². The Bertz CT molecular complexity index is 515. The van der Waals surface area contributed by atoms with E-state index in [0.29, 0.717) is 5.95 Å². The fourth-order valence-electron chi connectivity index (χ4n) is 1.13. The Morgan fingerprint density at radius 3 is 2.25 bits per heavy atom. The standard InChI is InChI=1S/C10H8N4O2.C3H8O/c15-9(16)7-1-3-8(4-2-7)14-10-12-5-11-6-13-10;1-3-4-2/h1-6H,(H,15,16)(H,11,12,13,14);3H2,1-2H3. The van der Waals surface area contributed by atoms with Crippen LogP contribution in [0.5, 0.6) is 0 Å². The lowest BCUT2D eigenvalue weighted by atomic mass is 10.2. The van der Waals surface area contributed by atoms with Crippen LogP contribution in [0.1, 0.15) is 17.3 Å². The number of hydrogen-bond donors (Lipinski definition) is 2. The SMILES string of the molecule is CCOC.O=C(O)c1ccc(Nc2ncncn2)cc1. The van der Waals surface area contributed by atoms with Crippen LogP contribution in [-0.2, 0) is 4.74 Å². The summed E-state index contributed by atoms with van der Waals surface area (Å²) in [4.78, 5) is 22.1. The van der Waals surface area contributed by atoms with Gasteiger partial charge >= 0.3 is 5.97 Å². The molecule has 2 rings (SSSR count). The molecule has 0 fully saturated rings. The molecule has 0 spiro atoms. The summed E-state index contributed by atoms with van der Waals surface area (Å²) in [5.41, 5.74) is 0.956. The average Bonchev–Trinajstić information content (AvgIpc) is 2.49. The van der Waals surface area contributed by atoms with Crippen LogP contribution in [0, 0.1) is 0 Å². The van der Waals surface area contributed by atoms with Gasteiger partial charge in [0.05, 0.1) is 5.56 Å². The van der Waals surface area contributed by atoms with Gasteiger partial charge in [-0.2, -0.15) is 0 Å². The van der Waals surface area contributed by atoms with E-state index in [2.05, 4.69) is 25.0 Å². The number of nitrogens with one attached hydrogen (secondary N) is 1. The minimum Gasteiger partial charge on any atom is -0.478 e. The van der Waals surface area contributed by atoms with Gasteiger partial charge in [-0.1, -0.05) is 0 Å². The number of anilines is 2. The largest absolute Gasteiger partial charge is 0.478 e. The summed E-state index contributed by atoms with van der Waals surface area (Å²) in [6.07, 6.45) is 2.75. The number of ether oxygens (including phenoxy) is 1. The topological polar surface area (TPSA) is 97.2 Å². The summed E-state index contributed by atoms with van der Waals surface area (Å²) in [7, 11) is 1.68. The molecular formula is C13H16N4O3. The summed E-state index contributed by atoms with van der Waals surface area (Å²) in [5.74, 6) is -0.537. The first-order chi connectivity index (χ1) is 9.67. The van der Waals surface area contributed by atoms with Crippen LogP contribution in [0.15, 0.2) is 36.9 Å². The first-order valence-corrected chi connectivity index (χ1v) is 5.88. The number of hydrogen-bond acceptors (Lipinski definition) is 6. The summed E-state index contributed by atoms with van der Waals surface area (Å²) >= 11 is 0. The zero-order valence-electron chi connectivity index (χ0n) is 11.3. The van der Waals surface area contributed by atoms with E-state index in [4.69, 9.17) is 5.11 Å². The zero-order chi connectivity index (χ0) is 14.8. The van der Waals surface area contributed by atoms with Gasteiger partial charge in [-0.25, -0.2) is 19.7 Å². The van der Waals surface area contributed by atoms with E-state index in [9.17, 15) is 4.79 Å². The fraction of sp³-hybridized carbons (Fsp3) is 0.231. The molecule has 1 aromatic carbocycles. The molecule has 0 aliphatic heterocycles. The highest BCUT2D eigenvalue weighted by atomic mass is 16.5. The third-order valence-corrected chi connectivity index (χ3v) is 2.17. The maximum atomic E-state index is 10.6. The Balaban J connectivity index is 0.000000444. The van der Waals surface area contributed by atoms with Gasteiger partial charge in [0.25, 0.3) is 0 Å². The number of aromatic carboxylic acids is 1. The van der Waals surface area contributed by atoms with Gasteiger partial charge in [0.2, 0.25) is 5.95 Å². The van der Waals surface area contributed by atoms with Crippen LogP contribution in [0.3, 0.4) is 0 Å².